The Bertz CT molecular complexity index is 570. The number of benzene rings is 2. The van der Waals surface area contributed by atoms with Crippen molar-refractivity contribution in [3.63, 3.8) is 0 Å². The van der Waals surface area contributed by atoms with Gasteiger partial charge >= 0.3 is 0 Å². The molecule has 1 fully saturated rings. The van der Waals surface area contributed by atoms with Crippen LogP contribution in [0, 0.1) is 0 Å². The van der Waals surface area contributed by atoms with Crippen LogP contribution in [0.4, 0.5) is 0 Å². The fourth-order valence-corrected chi connectivity index (χ4v) is 2.97. The number of halogens is 1. The first-order valence-electron chi connectivity index (χ1n) is 7.40. The summed E-state index contributed by atoms with van der Waals surface area (Å²) in [5.41, 5.74) is 2.55. The Morgan fingerprint density at radius 1 is 1.10 bits per heavy atom. The van der Waals surface area contributed by atoms with Gasteiger partial charge in [0.05, 0.1) is 12.7 Å². The molecule has 0 aromatic heterocycles. The van der Waals surface area contributed by atoms with Crippen molar-refractivity contribution in [2.24, 2.45) is 0 Å². The van der Waals surface area contributed by atoms with Crippen LogP contribution in [0.25, 0.3) is 0 Å². The van der Waals surface area contributed by atoms with E-state index in [0.29, 0.717) is 6.04 Å². The van der Waals surface area contributed by atoms with Gasteiger partial charge in [-0.25, -0.2) is 0 Å². The molecule has 0 bridgehead atoms. The summed E-state index contributed by atoms with van der Waals surface area (Å²) in [6.45, 7) is 4.92. The van der Waals surface area contributed by atoms with E-state index in [-0.39, 0.29) is 6.10 Å². The van der Waals surface area contributed by atoms with Crippen LogP contribution in [0.1, 0.15) is 30.2 Å². The molecule has 3 rings (SSSR count). The highest BCUT2D eigenvalue weighted by atomic mass is 35.5. The molecule has 0 amide bonds. The van der Waals surface area contributed by atoms with Crippen molar-refractivity contribution in [2.45, 2.75) is 19.1 Å². The molecule has 21 heavy (non-hydrogen) atoms. The van der Waals surface area contributed by atoms with E-state index in [1.54, 1.807) is 0 Å². The van der Waals surface area contributed by atoms with Gasteiger partial charge in [-0.2, -0.15) is 0 Å². The zero-order valence-corrected chi connectivity index (χ0v) is 13.0. The van der Waals surface area contributed by atoms with Crippen LogP contribution in [0.3, 0.4) is 0 Å². The number of hydrogen-bond donors (Lipinski definition) is 0. The van der Waals surface area contributed by atoms with E-state index in [9.17, 15) is 0 Å². The summed E-state index contributed by atoms with van der Waals surface area (Å²) in [5, 5.41) is 0.768. The van der Waals surface area contributed by atoms with E-state index in [1.165, 1.54) is 11.1 Å². The minimum Gasteiger partial charge on any atom is -0.371 e. The fraction of sp³-hybridized carbons (Fsp3) is 0.333. The monoisotopic (exact) mass is 301 g/mol. The molecule has 0 N–H and O–H groups in total. The highest BCUT2D eigenvalue weighted by Crippen LogP contribution is 2.29. The van der Waals surface area contributed by atoms with Crippen molar-refractivity contribution in [3.05, 3.63) is 70.7 Å². The predicted octanol–water partition coefficient (Wildman–Crippen LogP) is 4.47. The Hall–Kier alpha value is -1.35. The Labute approximate surface area is 131 Å². The standard InChI is InChI=1S/C18H20ClNO/c1-14(15-5-3-2-4-6-15)20-11-12-21-18(13-20)16-7-9-17(19)10-8-16/h2-10,14,18H,11-13H2,1H3/t14-,18-/m1/s1. The fourth-order valence-electron chi connectivity index (χ4n) is 2.84. The first-order valence-corrected chi connectivity index (χ1v) is 7.78. The summed E-state index contributed by atoms with van der Waals surface area (Å²) in [6.07, 6.45) is 0.127. The van der Waals surface area contributed by atoms with Gasteiger partial charge in [-0.3, -0.25) is 4.90 Å². The molecule has 110 valence electrons. The topological polar surface area (TPSA) is 12.5 Å². The lowest BCUT2D eigenvalue weighted by atomic mass is 10.0. The molecule has 0 spiro atoms. The second-order valence-electron chi connectivity index (χ2n) is 5.49. The van der Waals surface area contributed by atoms with Gasteiger partial charge in [-0.1, -0.05) is 54.1 Å². The summed E-state index contributed by atoms with van der Waals surface area (Å²) >= 11 is 5.96. The summed E-state index contributed by atoms with van der Waals surface area (Å²) in [4.78, 5) is 2.48. The summed E-state index contributed by atoms with van der Waals surface area (Å²) in [5.74, 6) is 0. The zero-order valence-electron chi connectivity index (χ0n) is 12.2. The van der Waals surface area contributed by atoms with Gasteiger partial charge < -0.3 is 4.74 Å². The van der Waals surface area contributed by atoms with E-state index in [4.69, 9.17) is 16.3 Å². The molecule has 0 saturated carbocycles. The van der Waals surface area contributed by atoms with Crippen LogP contribution in [-0.2, 0) is 4.74 Å². The van der Waals surface area contributed by atoms with Crippen molar-refractivity contribution in [3.8, 4) is 0 Å². The van der Waals surface area contributed by atoms with Crippen LogP contribution < -0.4 is 0 Å². The maximum atomic E-state index is 5.96. The lowest BCUT2D eigenvalue weighted by molar-refractivity contribution is -0.0431. The normalized spacial score (nSPS) is 21.1. The SMILES string of the molecule is C[C@H](c1ccccc1)N1CCO[C@@H](c2ccc(Cl)cc2)C1. The second kappa shape index (κ2) is 6.61. The average molecular weight is 302 g/mol. The van der Waals surface area contributed by atoms with Crippen molar-refractivity contribution >= 4 is 11.6 Å². The lowest BCUT2D eigenvalue weighted by Crippen LogP contribution is -2.39. The van der Waals surface area contributed by atoms with Crippen LogP contribution in [0.15, 0.2) is 54.6 Å². The van der Waals surface area contributed by atoms with E-state index in [2.05, 4.69) is 54.3 Å². The molecule has 0 aliphatic carbocycles. The van der Waals surface area contributed by atoms with Gasteiger partial charge in [-0.15, -0.1) is 0 Å². The van der Waals surface area contributed by atoms with Gasteiger partial charge in [0.25, 0.3) is 0 Å². The highest BCUT2D eigenvalue weighted by Gasteiger charge is 2.25. The van der Waals surface area contributed by atoms with Crippen LogP contribution >= 0.6 is 11.6 Å². The van der Waals surface area contributed by atoms with Gasteiger partial charge in [0.1, 0.15) is 0 Å². The molecule has 1 aliphatic rings. The van der Waals surface area contributed by atoms with E-state index in [0.717, 1.165) is 24.7 Å². The smallest absolute Gasteiger partial charge is 0.0952 e. The summed E-state index contributed by atoms with van der Waals surface area (Å²) in [6, 6.07) is 19.0. The Balaban J connectivity index is 1.72. The van der Waals surface area contributed by atoms with Gasteiger partial charge in [0, 0.05) is 24.2 Å². The number of rotatable bonds is 3. The molecular weight excluding hydrogens is 282 g/mol. The third-order valence-electron chi connectivity index (χ3n) is 4.17. The third-order valence-corrected chi connectivity index (χ3v) is 4.42. The van der Waals surface area contributed by atoms with Crippen LogP contribution in [0.5, 0.6) is 0 Å². The minimum absolute atomic E-state index is 0.127. The number of nitrogens with zero attached hydrogens (tertiary/aromatic N) is 1. The molecule has 1 aliphatic heterocycles. The first kappa shape index (κ1) is 14.6. The first-order chi connectivity index (χ1) is 10.2. The van der Waals surface area contributed by atoms with E-state index >= 15 is 0 Å². The predicted molar refractivity (Wildman–Crippen MR) is 86.6 cm³/mol. The Morgan fingerprint density at radius 3 is 2.52 bits per heavy atom. The highest BCUT2D eigenvalue weighted by molar-refractivity contribution is 6.30. The molecule has 1 saturated heterocycles. The molecule has 2 aromatic carbocycles. The minimum atomic E-state index is 0.127. The Kier molecular flexibility index (Phi) is 4.59. The second-order valence-corrected chi connectivity index (χ2v) is 5.93. The van der Waals surface area contributed by atoms with E-state index < -0.39 is 0 Å². The maximum absolute atomic E-state index is 5.96. The van der Waals surface area contributed by atoms with Crippen molar-refractivity contribution in [1.29, 1.82) is 0 Å². The largest absolute Gasteiger partial charge is 0.371 e. The molecule has 2 nitrogen and oxygen atoms in total. The molecule has 0 radical (unpaired) electrons. The molecule has 2 atom stereocenters. The van der Waals surface area contributed by atoms with Gasteiger partial charge in [0.15, 0.2) is 0 Å². The van der Waals surface area contributed by atoms with E-state index in [1.807, 2.05) is 12.1 Å². The lowest BCUT2D eigenvalue weighted by Gasteiger charge is -2.37. The van der Waals surface area contributed by atoms with Crippen molar-refractivity contribution in [2.75, 3.05) is 19.7 Å². The number of ether oxygens (including phenoxy) is 1. The zero-order chi connectivity index (χ0) is 14.7. The maximum Gasteiger partial charge on any atom is 0.0952 e. The van der Waals surface area contributed by atoms with Gasteiger partial charge in [-0.05, 0) is 30.2 Å². The third kappa shape index (κ3) is 3.46. The summed E-state index contributed by atoms with van der Waals surface area (Å²) < 4.78 is 5.94. The molecule has 3 heteroatoms. The molecule has 0 unspecified atom stereocenters. The van der Waals surface area contributed by atoms with Crippen LogP contribution in [0.2, 0.25) is 5.02 Å². The summed E-state index contributed by atoms with van der Waals surface area (Å²) in [7, 11) is 0. The Morgan fingerprint density at radius 2 is 1.81 bits per heavy atom. The number of morpholine rings is 1. The van der Waals surface area contributed by atoms with Gasteiger partial charge in [0.2, 0.25) is 0 Å². The molecular formula is C18H20ClNO. The van der Waals surface area contributed by atoms with Crippen molar-refractivity contribution in [1.82, 2.24) is 4.90 Å². The molecule has 1 heterocycles. The molecule has 2 aromatic rings. The van der Waals surface area contributed by atoms with Crippen LogP contribution in [-0.4, -0.2) is 24.6 Å². The number of hydrogen-bond acceptors (Lipinski definition) is 2. The average Bonchev–Trinajstić information content (AvgIpc) is 2.56. The van der Waals surface area contributed by atoms with Crippen molar-refractivity contribution < 1.29 is 4.74 Å². The quantitative estimate of drug-likeness (QED) is 0.829.